The van der Waals surface area contributed by atoms with Gasteiger partial charge in [-0.25, -0.2) is 0 Å². The first-order valence-corrected chi connectivity index (χ1v) is 7.89. The summed E-state index contributed by atoms with van der Waals surface area (Å²) in [6.07, 6.45) is 1.30. The van der Waals surface area contributed by atoms with Gasteiger partial charge in [0.25, 0.3) is 0 Å². The Bertz CT molecular complexity index is 670. The van der Waals surface area contributed by atoms with E-state index in [4.69, 9.17) is 0 Å². The lowest BCUT2D eigenvalue weighted by Gasteiger charge is -2.31. The van der Waals surface area contributed by atoms with Crippen molar-refractivity contribution >= 4 is 11.8 Å². The number of nitrogens with zero attached hydrogens (tertiary/aromatic N) is 1. The van der Waals surface area contributed by atoms with E-state index in [0.29, 0.717) is 19.4 Å². The Kier molecular flexibility index (Phi) is 4.83. The molecule has 2 aromatic rings. The quantitative estimate of drug-likeness (QED) is 0.857. The normalized spacial score (nSPS) is 18.3. The molecule has 0 bridgehead atoms. The molecule has 23 heavy (non-hydrogen) atoms. The van der Waals surface area contributed by atoms with Gasteiger partial charge < -0.3 is 0 Å². The predicted octanol–water partition coefficient (Wildman–Crippen LogP) is 1.80. The SMILES string of the molecule is O=C1CNC(Cc2ccccc2)C(=O)N1CCc1ccccc1. The highest BCUT2D eigenvalue weighted by atomic mass is 16.2. The number of hydrogen-bond acceptors (Lipinski definition) is 3. The summed E-state index contributed by atoms with van der Waals surface area (Å²) in [5, 5.41) is 3.05. The number of rotatable bonds is 5. The minimum absolute atomic E-state index is 0.124. The van der Waals surface area contributed by atoms with Gasteiger partial charge in [-0.3, -0.25) is 19.8 Å². The number of benzene rings is 2. The van der Waals surface area contributed by atoms with E-state index in [1.54, 1.807) is 0 Å². The van der Waals surface area contributed by atoms with Crippen molar-refractivity contribution in [3.8, 4) is 0 Å². The molecule has 1 atom stereocenters. The van der Waals surface area contributed by atoms with Gasteiger partial charge in [-0.2, -0.15) is 0 Å². The summed E-state index contributed by atoms with van der Waals surface area (Å²) in [5.74, 6) is -0.267. The van der Waals surface area contributed by atoms with Crippen LogP contribution in [0.1, 0.15) is 11.1 Å². The molecule has 2 aromatic carbocycles. The van der Waals surface area contributed by atoms with Crippen molar-refractivity contribution < 1.29 is 9.59 Å². The second-order valence-corrected chi connectivity index (χ2v) is 5.74. The summed E-state index contributed by atoms with van der Waals surface area (Å²) < 4.78 is 0. The number of piperazine rings is 1. The van der Waals surface area contributed by atoms with Crippen molar-refractivity contribution in [1.82, 2.24) is 10.2 Å². The van der Waals surface area contributed by atoms with E-state index in [0.717, 1.165) is 11.1 Å². The standard InChI is InChI=1S/C19H20N2O2/c22-18-14-20-17(13-16-9-5-2-6-10-16)19(23)21(18)12-11-15-7-3-1-4-8-15/h1-10,17,20H,11-14H2. The third-order valence-corrected chi connectivity index (χ3v) is 4.11. The Morgan fingerprint density at radius 3 is 2.17 bits per heavy atom. The van der Waals surface area contributed by atoms with Crippen molar-refractivity contribution in [2.45, 2.75) is 18.9 Å². The molecule has 4 heteroatoms. The predicted molar refractivity (Wildman–Crippen MR) is 88.8 cm³/mol. The largest absolute Gasteiger partial charge is 0.297 e. The van der Waals surface area contributed by atoms with Gasteiger partial charge in [0.1, 0.15) is 0 Å². The number of hydrogen-bond donors (Lipinski definition) is 1. The summed E-state index contributed by atoms with van der Waals surface area (Å²) in [6.45, 7) is 0.659. The first-order valence-electron chi connectivity index (χ1n) is 7.89. The zero-order chi connectivity index (χ0) is 16.1. The van der Waals surface area contributed by atoms with Gasteiger partial charge in [0.15, 0.2) is 0 Å². The average Bonchev–Trinajstić information content (AvgIpc) is 2.59. The second kappa shape index (κ2) is 7.20. The Hall–Kier alpha value is -2.46. The maximum absolute atomic E-state index is 12.6. The Balaban J connectivity index is 1.64. The van der Waals surface area contributed by atoms with Crippen LogP contribution >= 0.6 is 0 Å². The minimum atomic E-state index is -0.328. The number of imide groups is 1. The fourth-order valence-electron chi connectivity index (χ4n) is 2.83. The second-order valence-electron chi connectivity index (χ2n) is 5.74. The van der Waals surface area contributed by atoms with Crippen molar-refractivity contribution in [3.05, 3.63) is 71.8 Å². The van der Waals surface area contributed by atoms with Crippen LogP contribution in [0.3, 0.4) is 0 Å². The van der Waals surface area contributed by atoms with E-state index in [2.05, 4.69) is 5.32 Å². The van der Waals surface area contributed by atoms with Crippen molar-refractivity contribution in [2.75, 3.05) is 13.1 Å². The maximum atomic E-state index is 12.6. The molecule has 1 heterocycles. The van der Waals surface area contributed by atoms with Gasteiger partial charge in [-0.05, 0) is 24.0 Å². The Morgan fingerprint density at radius 1 is 0.913 bits per heavy atom. The fourth-order valence-corrected chi connectivity index (χ4v) is 2.83. The summed E-state index contributed by atoms with van der Waals surface area (Å²) in [7, 11) is 0. The zero-order valence-electron chi connectivity index (χ0n) is 12.9. The molecule has 1 aliphatic heterocycles. The van der Waals surface area contributed by atoms with Crippen LogP contribution in [-0.4, -0.2) is 35.8 Å². The van der Waals surface area contributed by atoms with Crippen LogP contribution in [0.15, 0.2) is 60.7 Å². The number of carbonyl (C=O) groups is 2. The summed E-state index contributed by atoms with van der Waals surface area (Å²) in [4.78, 5) is 26.1. The maximum Gasteiger partial charge on any atom is 0.246 e. The van der Waals surface area contributed by atoms with E-state index < -0.39 is 0 Å². The molecule has 1 aliphatic rings. The summed E-state index contributed by atoms with van der Waals surface area (Å²) >= 11 is 0. The molecule has 0 spiro atoms. The first-order chi connectivity index (χ1) is 11.2. The molecule has 0 aliphatic carbocycles. The molecule has 0 saturated carbocycles. The van der Waals surface area contributed by atoms with Gasteiger partial charge in [-0.1, -0.05) is 60.7 Å². The highest BCUT2D eigenvalue weighted by Gasteiger charge is 2.33. The smallest absolute Gasteiger partial charge is 0.246 e. The van der Waals surface area contributed by atoms with E-state index >= 15 is 0 Å². The van der Waals surface area contributed by atoms with E-state index in [1.165, 1.54) is 4.90 Å². The van der Waals surface area contributed by atoms with Gasteiger partial charge in [0.2, 0.25) is 11.8 Å². The highest BCUT2D eigenvalue weighted by molar-refractivity contribution is 6.01. The van der Waals surface area contributed by atoms with Crippen LogP contribution in [-0.2, 0) is 22.4 Å². The molecule has 3 rings (SSSR count). The minimum Gasteiger partial charge on any atom is -0.297 e. The molecule has 1 fully saturated rings. The average molecular weight is 308 g/mol. The lowest BCUT2D eigenvalue weighted by Crippen LogP contribution is -2.59. The number of amides is 2. The molecule has 1 N–H and O–H groups in total. The summed E-state index contributed by atoms with van der Waals surface area (Å²) in [6, 6.07) is 19.5. The molecule has 0 aromatic heterocycles. The van der Waals surface area contributed by atoms with Crippen molar-refractivity contribution in [2.24, 2.45) is 0 Å². The molecular formula is C19H20N2O2. The van der Waals surface area contributed by atoms with E-state index in [-0.39, 0.29) is 24.4 Å². The monoisotopic (exact) mass is 308 g/mol. The third kappa shape index (κ3) is 3.85. The fraction of sp³-hybridized carbons (Fsp3) is 0.263. The zero-order valence-corrected chi connectivity index (χ0v) is 12.9. The van der Waals surface area contributed by atoms with E-state index in [1.807, 2.05) is 60.7 Å². The number of nitrogens with one attached hydrogen (secondary N) is 1. The molecule has 0 radical (unpaired) electrons. The lowest BCUT2D eigenvalue weighted by molar-refractivity contribution is -0.149. The van der Waals surface area contributed by atoms with Crippen LogP contribution in [0.4, 0.5) is 0 Å². The molecule has 1 unspecified atom stereocenters. The van der Waals surface area contributed by atoms with Gasteiger partial charge in [0, 0.05) is 6.54 Å². The van der Waals surface area contributed by atoms with Crippen LogP contribution in [0.2, 0.25) is 0 Å². The Labute approximate surface area is 136 Å². The van der Waals surface area contributed by atoms with E-state index in [9.17, 15) is 9.59 Å². The van der Waals surface area contributed by atoms with Crippen LogP contribution in [0.25, 0.3) is 0 Å². The van der Waals surface area contributed by atoms with Gasteiger partial charge >= 0.3 is 0 Å². The van der Waals surface area contributed by atoms with Gasteiger partial charge in [-0.15, -0.1) is 0 Å². The third-order valence-electron chi connectivity index (χ3n) is 4.11. The van der Waals surface area contributed by atoms with Crippen molar-refractivity contribution in [3.63, 3.8) is 0 Å². The lowest BCUT2D eigenvalue weighted by atomic mass is 10.0. The molecule has 2 amide bonds. The van der Waals surface area contributed by atoms with Gasteiger partial charge in [0.05, 0.1) is 12.6 Å². The molecule has 1 saturated heterocycles. The topological polar surface area (TPSA) is 49.4 Å². The first kappa shape index (κ1) is 15.4. The molecule has 118 valence electrons. The van der Waals surface area contributed by atoms with Crippen LogP contribution in [0, 0.1) is 0 Å². The van der Waals surface area contributed by atoms with Crippen LogP contribution < -0.4 is 5.32 Å². The Morgan fingerprint density at radius 2 is 1.52 bits per heavy atom. The van der Waals surface area contributed by atoms with Crippen LogP contribution in [0.5, 0.6) is 0 Å². The molecular weight excluding hydrogens is 288 g/mol. The molecule has 4 nitrogen and oxygen atoms in total. The number of carbonyl (C=O) groups excluding carboxylic acids is 2. The highest BCUT2D eigenvalue weighted by Crippen LogP contribution is 2.11. The van der Waals surface area contributed by atoms with Crippen molar-refractivity contribution in [1.29, 1.82) is 0 Å². The summed E-state index contributed by atoms with van der Waals surface area (Å²) in [5.41, 5.74) is 2.22.